The van der Waals surface area contributed by atoms with E-state index in [0.29, 0.717) is 38.5 Å². The maximum Gasteiger partial charge on any atom is 0.344 e. The Morgan fingerprint density at radius 3 is 2.56 bits per heavy atom. The molecule has 0 unspecified atom stereocenters. The molecule has 0 saturated carbocycles. The van der Waals surface area contributed by atoms with Gasteiger partial charge in [0.15, 0.2) is 11.5 Å². The third kappa shape index (κ3) is 5.73. The molecule has 0 aliphatic carbocycles. The van der Waals surface area contributed by atoms with E-state index in [-0.39, 0.29) is 22.4 Å². The van der Waals surface area contributed by atoms with Crippen molar-refractivity contribution in [2.45, 2.75) is 13.5 Å². The zero-order valence-corrected chi connectivity index (χ0v) is 23.8. The Hall–Kier alpha value is -3.59. The summed E-state index contributed by atoms with van der Waals surface area (Å²) < 4.78 is 12.1. The standard InChI is InChI=1S/C30H21BrClNO5S/c1-2-37-25-15-18(16-26-28(34)33(30(36)39-26)17-20-9-4-6-13-24(20)32)14-23(31)27(25)38-29(35)22-12-7-10-19-8-3-5-11-21(19)22/h3-16H,2,17H2,1H3/b26-16-. The molecule has 5 rings (SSSR count). The molecule has 2 amide bonds. The Balaban J connectivity index is 1.42. The number of ether oxygens (including phenoxy) is 2. The highest BCUT2D eigenvalue weighted by molar-refractivity contribution is 9.10. The Labute approximate surface area is 242 Å². The van der Waals surface area contributed by atoms with E-state index in [9.17, 15) is 14.4 Å². The van der Waals surface area contributed by atoms with Gasteiger partial charge in [0.05, 0.1) is 28.1 Å². The monoisotopic (exact) mass is 621 g/mol. The lowest BCUT2D eigenvalue weighted by molar-refractivity contribution is -0.123. The van der Waals surface area contributed by atoms with Crippen molar-refractivity contribution in [2.75, 3.05) is 6.61 Å². The van der Waals surface area contributed by atoms with Gasteiger partial charge in [-0.05, 0) is 86.9 Å². The van der Waals surface area contributed by atoms with Crippen LogP contribution in [-0.2, 0) is 11.3 Å². The lowest BCUT2D eigenvalue weighted by Crippen LogP contribution is -2.27. The quantitative estimate of drug-likeness (QED) is 0.118. The van der Waals surface area contributed by atoms with Gasteiger partial charge in [-0.1, -0.05) is 66.2 Å². The van der Waals surface area contributed by atoms with Crippen molar-refractivity contribution in [1.29, 1.82) is 0 Å². The number of amides is 2. The number of thioether (sulfide) groups is 1. The highest BCUT2D eigenvalue weighted by Gasteiger charge is 2.35. The summed E-state index contributed by atoms with van der Waals surface area (Å²) in [6.45, 7) is 2.22. The highest BCUT2D eigenvalue weighted by Crippen LogP contribution is 2.40. The fraction of sp³-hybridized carbons (Fsp3) is 0.100. The fourth-order valence-electron chi connectivity index (χ4n) is 4.17. The van der Waals surface area contributed by atoms with Gasteiger partial charge in [0.2, 0.25) is 0 Å². The number of carbonyl (C=O) groups excluding carboxylic acids is 3. The lowest BCUT2D eigenvalue weighted by atomic mass is 10.0. The average molecular weight is 623 g/mol. The van der Waals surface area contributed by atoms with Crippen molar-refractivity contribution in [3.8, 4) is 11.5 Å². The molecule has 1 aliphatic rings. The number of benzene rings is 4. The SMILES string of the molecule is CCOc1cc(/C=C2\SC(=O)N(Cc3ccccc3Cl)C2=O)cc(Br)c1OC(=O)c1cccc2ccccc12. The molecule has 1 saturated heterocycles. The minimum atomic E-state index is -0.526. The second kappa shape index (κ2) is 11.7. The van der Waals surface area contributed by atoms with E-state index < -0.39 is 11.9 Å². The van der Waals surface area contributed by atoms with Crippen LogP contribution in [-0.4, -0.2) is 28.6 Å². The Kier molecular flexibility index (Phi) is 8.07. The predicted molar refractivity (Wildman–Crippen MR) is 157 cm³/mol. The number of carbonyl (C=O) groups is 3. The first-order chi connectivity index (χ1) is 18.9. The second-order valence-corrected chi connectivity index (χ2v) is 10.8. The van der Waals surface area contributed by atoms with Crippen LogP contribution in [0.25, 0.3) is 16.8 Å². The summed E-state index contributed by atoms with van der Waals surface area (Å²) in [6, 6.07) is 23.5. The minimum absolute atomic E-state index is 0.0820. The van der Waals surface area contributed by atoms with Gasteiger partial charge in [-0.2, -0.15) is 0 Å². The highest BCUT2D eigenvalue weighted by atomic mass is 79.9. The van der Waals surface area contributed by atoms with Crippen LogP contribution in [0.5, 0.6) is 11.5 Å². The van der Waals surface area contributed by atoms with Gasteiger partial charge in [-0.3, -0.25) is 14.5 Å². The Morgan fingerprint density at radius 2 is 1.77 bits per heavy atom. The van der Waals surface area contributed by atoms with E-state index in [1.54, 1.807) is 54.6 Å². The molecule has 0 atom stereocenters. The maximum absolute atomic E-state index is 13.2. The Morgan fingerprint density at radius 1 is 1.03 bits per heavy atom. The number of hydrogen-bond acceptors (Lipinski definition) is 6. The molecule has 0 N–H and O–H groups in total. The minimum Gasteiger partial charge on any atom is -0.490 e. The first kappa shape index (κ1) is 27.0. The molecular formula is C30H21BrClNO5S. The summed E-state index contributed by atoms with van der Waals surface area (Å²) in [5, 5.41) is 1.81. The smallest absolute Gasteiger partial charge is 0.344 e. The van der Waals surface area contributed by atoms with Crippen LogP contribution in [0.4, 0.5) is 4.79 Å². The van der Waals surface area contributed by atoms with Gasteiger partial charge >= 0.3 is 5.97 Å². The number of halogens is 2. The van der Waals surface area contributed by atoms with Crippen molar-refractivity contribution in [3.05, 3.63) is 110 Å². The van der Waals surface area contributed by atoms with Gasteiger partial charge in [0.25, 0.3) is 11.1 Å². The first-order valence-electron chi connectivity index (χ1n) is 12.0. The van der Waals surface area contributed by atoms with Gasteiger partial charge < -0.3 is 9.47 Å². The number of esters is 1. The number of fused-ring (bicyclic) bond motifs is 1. The number of nitrogens with zero attached hydrogens (tertiary/aromatic N) is 1. The number of rotatable bonds is 7. The summed E-state index contributed by atoms with van der Waals surface area (Å²) >= 11 is 10.6. The summed E-state index contributed by atoms with van der Waals surface area (Å²) in [5.74, 6) is -0.395. The van der Waals surface area contributed by atoms with Gasteiger partial charge in [-0.25, -0.2) is 4.79 Å². The van der Waals surface area contributed by atoms with Gasteiger partial charge in [-0.15, -0.1) is 0 Å². The molecular weight excluding hydrogens is 602 g/mol. The summed E-state index contributed by atoms with van der Waals surface area (Å²) in [7, 11) is 0. The van der Waals surface area contributed by atoms with Crippen molar-refractivity contribution < 1.29 is 23.9 Å². The molecule has 0 radical (unpaired) electrons. The number of imide groups is 1. The summed E-state index contributed by atoms with van der Waals surface area (Å²) in [5.41, 5.74) is 1.71. The summed E-state index contributed by atoms with van der Waals surface area (Å²) in [4.78, 5) is 40.3. The molecule has 39 heavy (non-hydrogen) atoms. The molecule has 9 heteroatoms. The topological polar surface area (TPSA) is 72.9 Å². The molecule has 1 aliphatic heterocycles. The predicted octanol–water partition coefficient (Wildman–Crippen LogP) is 8.11. The zero-order chi connectivity index (χ0) is 27.5. The normalized spacial score (nSPS) is 14.3. The van der Waals surface area contributed by atoms with Crippen LogP contribution in [0.1, 0.15) is 28.4 Å². The molecule has 0 aromatic heterocycles. The van der Waals surface area contributed by atoms with Crippen LogP contribution in [0.15, 0.2) is 88.2 Å². The third-order valence-electron chi connectivity index (χ3n) is 5.99. The summed E-state index contributed by atoms with van der Waals surface area (Å²) in [6.07, 6.45) is 1.61. The van der Waals surface area contributed by atoms with E-state index in [4.69, 9.17) is 21.1 Å². The van der Waals surface area contributed by atoms with Gasteiger partial charge in [0, 0.05) is 5.02 Å². The van der Waals surface area contributed by atoms with E-state index in [1.165, 1.54) is 0 Å². The molecule has 6 nitrogen and oxygen atoms in total. The van der Waals surface area contributed by atoms with Crippen molar-refractivity contribution in [3.63, 3.8) is 0 Å². The zero-order valence-electron chi connectivity index (χ0n) is 20.6. The molecule has 1 heterocycles. The molecule has 0 spiro atoms. The molecule has 4 aromatic rings. The van der Waals surface area contributed by atoms with Crippen LogP contribution >= 0.6 is 39.3 Å². The molecule has 196 valence electrons. The van der Waals surface area contributed by atoms with Crippen LogP contribution in [0.2, 0.25) is 5.02 Å². The van der Waals surface area contributed by atoms with E-state index in [0.717, 1.165) is 27.4 Å². The lowest BCUT2D eigenvalue weighted by Gasteiger charge is -2.15. The average Bonchev–Trinajstić information content (AvgIpc) is 3.18. The van der Waals surface area contributed by atoms with Gasteiger partial charge in [0.1, 0.15) is 0 Å². The second-order valence-electron chi connectivity index (χ2n) is 8.54. The van der Waals surface area contributed by atoms with E-state index in [1.807, 2.05) is 37.3 Å². The largest absolute Gasteiger partial charge is 0.490 e. The van der Waals surface area contributed by atoms with E-state index >= 15 is 0 Å². The first-order valence-corrected chi connectivity index (χ1v) is 14.0. The molecule has 1 fully saturated rings. The fourth-order valence-corrected chi connectivity index (χ4v) is 5.74. The van der Waals surface area contributed by atoms with E-state index in [2.05, 4.69) is 15.9 Å². The number of hydrogen-bond donors (Lipinski definition) is 0. The van der Waals surface area contributed by atoms with Crippen molar-refractivity contribution in [2.24, 2.45) is 0 Å². The molecule has 0 bridgehead atoms. The van der Waals surface area contributed by atoms with Crippen LogP contribution < -0.4 is 9.47 Å². The third-order valence-corrected chi connectivity index (χ3v) is 7.86. The van der Waals surface area contributed by atoms with Crippen molar-refractivity contribution in [1.82, 2.24) is 4.90 Å². The molecule has 4 aromatic carbocycles. The Bertz CT molecular complexity index is 1650. The van der Waals surface area contributed by atoms with Crippen LogP contribution in [0, 0.1) is 0 Å². The van der Waals surface area contributed by atoms with Crippen molar-refractivity contribution >= 4 is 73.3 Å². The van der Waals surface area contributed by atoms with Crippen LogP contribution in [0.3, 0.4) is 0 Å². The maximum atomic E-state index is 13.2.